The summed E-state index contributed by atoms with van der Waals surface area (Å²) in [5.74, 6) is -4.11. The average molecular weight is 968 g/mol. The van der Waals surface area contributed by atoms with Gasteiger partial charge in [0.2, 0.25) is 23.6 Å². The molecule has 0 aliphatic rings. The lowest BCUT2D eigenvalue weighted by molar-refractivity contribution is -0.139. The molecule has 1 heterocycles. The molecule has 0 spiro atoms. The molecule has 14 nitrogen and oxygen atoms in total. The number of benzene rings is 6. The van der Waals surface area contributed by atoms with Crippen LogP contribution < -0.4 is 27.0 Å². The van der Waals surface area contributed by atoms with Gasteiger partial charge >= 0.3 is 5.97 Å². The number of amides is 4. The fourth-order valence-corrected chi connectivity index (χ4v) is 8.91. The fourth-order valence-electron chi connectivity index (χ4n) is 8.91. The Balaban J connectivity index is 1.11. The van der Waals surface area contributed by atoms with Crippen LogP contribution in [-0.2, 0) is 46.2 Å². The lowest BCUT2D eigenvalue weighted by Gasteiger charge is -2.37. The molecule has 72 heavy (non-hydrogen) atoms. The third-order valence-corrected chi connectivity index (χ3v) is 12.3. The predicted molar refractivity (Wildman–Crippen MR) is 275 cm³/mol. The molecule has 6 aromatic carbocycles. The van der Waals surface area contributed by atoms with E-state index < -0.39 is 70.9 Å². The van der Waals surface area contributed by atoms with Gasteiger partial charge in [0.15, 0.2) is 0 Å². The third-order valence-electron chi connectivity index (χ3n) is 12.3. The largest absolute Gasteiger partial charge is 0.480 e. The molecule has 14 heteroatoms. The van der Waals surface area contributed by atoms with Crippen molar-refractivity contribution < 1.29 is 33.8 Å². The number of carbonyl (C=O) groups excluding carboxylic acids is 4. The van der Waals surface area contributed by atoms with E-state index in [4.69, 9.17) is 15.5 Å². The summed E-state index contributed by atoms with van der Waals surface area (Å²) >= 11 is 0. The first-order valence-corrected chi connectivity index (χ1v) is 23.9. The number of nitrogens with one attached hydrogen (secondary N) is 4. The van der Waals surface area contributed by atoms with Crippen molar-refractivity contribution in [2.45, 2.75) is 74.8 Å². The molecule has 1 aromatic heterocycles. The van der Waals surface area contributed by atoms with Crippen molar-refractivity contribution in [3.05, 3.63) is 234 Å². The summed E-state index contributed by atoms with van der Waals surface area (Å²) in [6.07, 6.45) is 3.07. The number of rotatable bonds is 22. The van der Waals surface area contributed by atoms with Gasteiger partial charge in [-0.25, -0.2) is 4.98 Å². The monoisotopic (exact) mass is 967 g/mol. The summed E-state index contributed by atoms with van der Waals surface area (Å²) in [5.41, 5.74) is 9.66. The normalized spacial score (nSPS) is 12.9. The minimum atomic E-state index is -1.41. The zero-order valence-corrected chi connectivity index (χ0v) is 40.6. The second kappa shape index (κ2) is 23.6. The zero-order valence-electron chi connectivity index (χ0n) is 40.6. The van der Waals surface area contributed by atoms with E-state index in [9.17, 15) is 29.1 Å². The second-order valence-electron chi connectivity index (χ2n) is 18.5. The van der Waals surface area contributed by atoms with Crippen LogP contribution in [-0.4, -0.2) is 81.1 Å². The molecule has 0 aliphatic heterocycles. The Morgan fingerprint density at radius 3 is 1.43 bits per heavy atom. The number of imidazole rings is 1. The van der Waals surface area contributed by atoms with Crippen molar-refractivity contribution >= 4 is 29.6 Å². The second-order valence-corrected chi connectivity index (χ2v) is 18.5. The Hall–Kier alpha value is -8.20. The summed E-state index contributed by atoms with van der Waals surface area (Å²) < 4.78 is 8.02. The van der Waals surface area contributed by atoms with Crippen molar-refractivity contribution in [3.8, 4) is 0 Å². The summed E-state index contributed by atoms with van der Waals surface area (Å²) in [4.78, 5) is 72.7. The van der Waals surface area contributed by atoms with Crippen LogP contribution in [0.15, 0.2) is 195 Å². The first-order chi connectivity index (χ1) is 34.7. The van der Waals surface area contributed by atoms with E-state index in [-0.39, 0.29) is 25.9 Å². The molecule has 4 amide bonds. The Morgan fingerprint density at radius 1 is 0.597 bits per heavy atom. The number of nitrogens with two attached hydrogens (primary N) is 1. The van der Waals surface area contributed by atoms with Gasteiger partial charge < -0.3 is 41.4 Å². The molecule has 7 rings (SSSR count). The van der Waals surface area contributed by atoms with Crippen molar-refractivity contribution in [1.82, 2.24) is 30.8 Å². The minimum absolute atomic E-state index is 0.00643. The van der Waals surface area contributed by atoms with Crippen LogP contribution in [0, 0.1) is 0 Å². The van der Waals surface area contributed by atoms with Gasteiger partial charge in [0.25, 0.3) is 0 Å². The van der Waals surface area contributed by atoms with Crippen molar-refractivity contribution in [1.29, 1.82) is 0 Å². The number of carboxylic acids is 1. The number of hydrogen-bond donors (Lipinski definition) is 6. The smallest absolute Gasteiger partial charge is 0.322 e. The van der Waals surface area contributed by atoms with Crippen LogP contribution in [0.1, 0.15) is 72.7 Å². The number of hydrogen-bond acceptors (Lipinski definition) is 8. The summed E-state index contributed by atoms with van der Waals surface area (Å²) in [6.45, 7) is 4.31. The summed E-state index contributed by atoms with van der Waals surface area (Å²) in [5, 5.41) is 20.4. The van der Waals surface area contributed by atoms with Crippen molar-refractivity contribution in [2.24, 2.45) is 5.73 Å². The summed E-state index contributed by atoms with van der Waals surface area (Å²) in [7, 11) is 0. The molecule has 370 valence electrons. The molecule has 3 atom stereocenters. The van der Waals surface area contributed by atoms with E-state index in [1.807, 2.05) is 156 Å². The van der Waals surface area contributed by atoms with Crippen LogP contribution in [0.4, 0.5) is 0 Å². The molecule has 0 unspecified atom stereocenters. The lowest BCUT2D eigenvalue weighted by Crippen LogP contribution is -2.58. The standard InChI is InChI=1S/C58H61N7O7/c1-56(2,3)72-39-50(63-53(69)48(59)36-47-38-65(40-61-47)58(44-28-16-7-17-29-44,45-30-18-8-19-31-45)46-32-20-9-21-33-46)55(71)62-49(54(70)60-37-52(67)68)34-35-51(66)64-57(41-22-10-4-11-23-41,42-24-12-5-13-25-42)43-26-14-6-15-27-43/h4-33,38,40,48-50H,34-37,39,59H2,1-3H3,(H,60,70)(H,62,71)(H,63,69)(H,64,66)(H,67,68)/t48-,49-,50-/m0/s1. The Morgan fingerprint density at radius 2 is 1.01 bits per heavy atom. The van der Waals surface area contributed by atoms with E-state index in [1.165, 1.54) is 0 Å². The van der Waals surface area contributed by atoms with Gasteiger partial charge in [-0.15, -0.1) is 0 Å². The van der Waals surface area contributed by atoms with Crippen LogP contribution in [0.25, 0.3) is 0 Å². The van der Waals surface area contributed by atoms with Gasteiger partial charge in [-0.2, -0.15) is 0 Å². The number of carbonyl (C=O) groups is 5. The number of aromatic nitrogens is 2. The fraction of sp³-hybridized carbons (Fsp3) is 0.241. The molecule has 0 radical (unpaired) electrons. The van der Waals surface area contributed by atoms with Crippen LogP contribution in [0.3, 0.4) is 0 Å². The highest BCUT2D eigenvalue weighted by atomic mass is 16.5. The maximum atomic E-state index is 14.3. The van der Waals surface area contributed by atoms with Gasteiger partial charge in [-0.05, 0) is 60.6 Å². The first kappa shape index (κ1) is 51.6. The highest BCUT2D eigenvalue weighted by Gasteiger charge is 2.40. The molecule has 0 bridgehead atoms. The molecule has 0 fully saturated rings. The first-order valence-electron chi connectivity index (χ1n) is 23.9. The molecular weight excluding hydrogens is 907 g/mol. The third kappa shape index (κ3) is 12.4. The predicted octanol–water partition coefficient (Wildman–Crippen LogP) is 6.47. The van der Waals surface area contributed by atoms with Gasteiger partial charge in [0, 0.05) is 19.0 Å². The zero-order chi connectivity index (χ0) is 51.1. The van der Waals surface area contributed by atoms with Crippen molar-refractivity contribution in [2.75, 3.05) is 13.2 Å². The highest BCUT2D eigenvalue weighted by Crippen LogP contribution is 2.41. The minimum Gasteiger partial charge on any atom is -0.480 e. The Labute approximate surface area is 420 Å². The summed E-state index contributed by atoms with van der Waals surface area (Å²) in [6, 6.07) is 54.7. The van der Waals surface area contributed by atoms with Crippen LogP contribution in [0.5, 0.6) is 0 Å². The van der Waals surface area contributed by atoms with Crippen LogP contribution >= 0.6 is 0 Å². The van der Waals surface area contributed by atoms with Gasteiger partial charge in [-0.1, -0.05) is 182 Å². The Kier molecular flexibility index (Phi) is 16.9. The molecule has 7 aromatic rings. The molecular formula is C58H61N7O7. The quantitative estimate of drug-likeness (QED) is 0.0412. The number of nitrogens with zero attached hydrogens (tertiary/aromatic N) is 2. The maximum Gasteiger partial charge on any atom is 0.322 e. The Bertz CT molecular complexity index is 2690. The highest BCUT2D eigenvalue weighted by molar-refractivity contribution is 5.94. The molecule has 0 saturated carbocycles. The molecule has 0 aliphatic carbocycles. The lowest BCUT2D eigenvalue weighted by atomic mass is 9.77. The number of aliphatic carboxylic acids is 1. The van der Waals surface area contributed by atoms with Crippen molar-refractivity contribution in [3.63, 3.8) is 0 Å². The van der Waals surface area contributed by atoms with E-state index in [2.05, 4.69) is 57.7 Å². The van der Waals surface area contributed by atoms with E-state index >= 15 is 0 Å². The van der Waals surface area contributed by atoms with Gasteiger partial charge in [0.05, 0.1) is 30.3 Å². The van der Waals surface area contributed by atoms with Gasteiger partial charge in [-0.3, -0.25) is 24.0 Å². The topological polar surface area (TPSA) is 207 Å². The molecule has 0 saturated heterocycles. The number of carboxylic acid groups (broad SMARTS) is 1. The SMILES string of the molecule is CC(C)(C)OC[C@H](NC(=O)[C@@H](N)Cc1cn(C(c2ccccc2)(c2ccccc2)c2ccccc2)cn1)C(=O)N[C@@H](CCC(=O)NC(c1ccccc1)(c1ccccc1)c1ccccc1)C(=O)NCC(=O)O. The van der Waals surface area contributed by atoms with Gasteiger partial charge in [0.1, 0.15) is 29.7 Å². The average Bonchev–Trinajstić information content (AvgIpc) is 3.87. The number of ether oxygens (including phenoxy) is 1. The maximum absolute atomic E-state index is 14.3. The van der Waals surface area contributed by atoms with E-state index in [1.54, 1.807) is 27.1 Å². The molecule has 7 N–H and O–H groups in total. The van der Waals surface area contributed by atoms with E-state index in [0.717, 1.165) is 33.4 Å². The van der Waals surface area contributed by atoms with Crippen LogP contribution in [0.2, 0.25) is 0 Å². The van der Waals surface area contributed by atoms with E-state index in [0.29, 0.717) is 5.69 Å².